The number of amides is 1. The van der Waals surface area contributed by atoms with E-state index < -0.39 is 0 Å². The number of carbonyl (C=O) groups excluding carboxylic acids is 1. The minimum absolute atomic E-state index is 0.0251. The summed E-state index contributed by atoms with van der Waals surface area (Å²) in [5, 5.41) is 6.31. The van der Waals surface area contributed by atoms with Crippen LogP contribution >= 0.6 is 0 Å². The zero-order valence-corrected chi connectivity index (χ0v) is 15.0. The van der Waals surface area contributed by atoms with Gasteiger partial charge in [0, 0.05) is 12.1 Å². The summed E-state index contributed by atoms with van der Waals surface area (Å²) in [4.78, 5) is 16.2. The standard InChI is InChI=1S/C20H27N3O/c1-5-15-8-7-9-16(6-2)20(15)23-18-11-10-17(13-21-18)22-19(24)12-14(3)4/h7-11,13-14H,5-6,12H2,1-4H3,(H,21,23)(H,22,24). The molecule has 0 radical (unpaired) electrons. The maximum atomic E-state index is 11.8. The van der Waals surface area contributed by atoms with Crippen molar-refractivity contribution in [3.05, 3.63) is 47.7 Å². The molecular weight excluding hydrogens is 298 g/mol. The van der Waals surface area contributed by atoms with Crippen LogP contribution in [0.25, 0.3) is 0 Å². The van der Waals surface area contributed by atoms with Crippen molar-refractivity contribution < 1.29 is 4.79 Å². The number of anilines is 3. The number of hydrogen-bond donors (Lipinski definition) is 2. The summed E-state index contributed by atoms with van der Waals surface area (Å²) >= 11 is 0. The second-order valence-corrected chi connectivity index (χ2v) is 6.36. The lowest BCUT2D eigenvalue weighted by molar-refractivity contribution is -0.116. The Morgan fingerprint density at radius 1 is 1.08 bits per heavy atom. The molecule has 0 spiro atoms. The number of para-hydroxylation sites is 1. The topological polar surface area (TPSA) is 54.0 Å². The van der Waals surface area contributed by atoms with Crippen LogP contribution in [-0.2, 0) is 17.6 Å². The third-order valence-corrected chi connectivity index (χ3v) is 3.89. The molecule has 2 rings (SSSR count). The van der Waals surface area contributed by atoms with Gasteiger partial charge in [0.15, 0.2) is 0 Å². The lowest BCUT2D eigenvalue weighted by Gasteiger charge is -2.15. The van der Waals surface area contributed by atoms with Gasteiger partial charge in [0.25, 0.3) is 0 Å². The van der Waals surface area contributed by atoms with Gasteiger partial charge in [-0.25, -0.2) is 4.98 Å². The molecule has 4 heteroatoms. The zero-order valence-electron chi connectivity index (χ0n) is 15.0. The largest absolute Gasteiger partial charge is 0.340 e. The molecule has 0 saturated carbocycles. The van der Waals surface area contributed by atoms with Crippen molar-refractivity contribution in [3.63, 3.8) is 0 Å². The van der Waals surface area contributed by atoms with Gasteiger partial charge in [-0.1, -0.05) is 45.9 Å². The summed E-state index contributed by atoms with van der Waals surface area (Å²) in [5.74, 6) is 1.15. The van der Waals surface area contributed by atoms with Crippen LogP contribution in [0.2, 0.25) is 0 Å². The van der Waals surface area contributed by atoms with E-state index in [4.69, 9.17) is 0 Å². The SMILES string of the molecule is CCc1cccc(CC)c1Nc1ccc(NC(=O)CC(C)C)cn1. The summed E-state index contributed by atoms with van der Waals surface area (Å²) in [6.45, 7) is 8.37. The molecule has 0 unspecified atom stereocenters. The second kappa shape index (κ2) is 8.48. The quantitative estimate of drug-likeness (QED) is 0.758. The first-order valence-electron chi connectivity index (χ1n) is 8.67. The Morgan fingerprint density at radius 3 is 2.25 bits per heavy atom. The van der Waals surface area contributed by atoms with Gasteiger partial charge in [-0.05, 0) is 42.0 Å². The molecule has 2 N–H and O–H groups in total. The second-order valence-electron chi connectivity index (χ2n) is 6.36. The fourth-order valence-corrected chi connectivity index (χ4v) is 2.66. The lowest BCUT2D eigenvalue weighted by atomic mass is 10.0. The van der Waals surface area contributed by atoms with Gasteiger partial charge in [-0.15, -0.1) is 0 Å². The Kier molecular flexibility index (Phi) is 6.36. The molecule has 4 nitrogen and oxygen atoms in total. The van der Waals surface area contributed by atoms with Crippen molar-refractivity contribution in [2.24, 2.45) is 5.92 Å². The number of pyridine rings is 1. The number of aromatic nitrogens is 1. The Labute approximate surface area is 144 Å². The molecule has 1 aromatic carbocycles. The molecule has 1 heterocycles. The van der Waals surface area contributed by atoms with Gasteiger partial charge in [-0.3, -0.25) is 4.79 Å². The third kappa shape index (κ3) is 4.82. The number of carbonyl (C=O) groups is 1. The molecule has 0 saturated heterocycles. The van der Waals surface area contributed by atoms with E-state index in [1.54, 1.807) is 6.20 Å². The van der Waals surface area contributed by atoms with Gasteiger partial charge in [0.2, 0.25) is 5.91 Å². The van der Waals surface area contributed by atoms with E-state index in [0.717, 1.165) is 30.0 Å². The highest BCUT2D eigenvalue weighted by molar-refractivity contribution is 5.90. The van der Waals surface area contributed by atoms with Crippen molar-refractivity contribution >= 4 is 23.1 Å². The van der Waals surface area contributed by atoms with Crippen molar-refractivity contribution in [1.82, 2.24) is 4.98 Å². The van der Waals surface area contributed by atoms with Crippen molar-refractivity contribution in [2.45, 2.75) is 47.0 Å². The van der Waals surface area contributed by atoms with Gasteiger partial charge in [-0.2, -0.15) is 0 Å². The van der Waals surface area contributed by atoms with Crippen LogP contribution < -0.4 is 10.6 Å². The summed E-state index contributed by atoms with van der Waals surface area (Å²) in [6.07, 6.45) is 4.16. The maximum Gasteiger partial charge on any atom is 0.224 e. The Hall–Kier alpha value is -2.36. The molecule has 1 amide bonds. The highest BCUT2D eigenvalue weighted by Gasteiger charge is 2.08. The van der Waals surface area contributed by atoms with Crippen LogP contribution in [0, 0.1) is 5.92 Å². The molecule has 0 aliphatic rings. The Morgan fingerprint density at radius 2 is 1.75 bits per heavy atom. The maximum absolute atomic E-state index is 11.8. The molecule has 0 aliphatic carbocycles. The van der Waals surface area contributed by atoms with Crippen LogP contribution in [0.1, 0.15) is 45.2 Å². The molecule has 2 aromatic rings. The summed E-state index contributed by atoms with van der Waals surface area (Å²) in [7, 11) is 0. The van der Waals surface area contributed by atoms with E-state index >= 15 is 0 Å². The first-order valence-corrected chi connectivity index (χ1v) is 8.67. The van der Waals surface area contributed by atoms with Crippen molar-refractivity contribution in [3.8, 4) is 0 Å². The fraction of sp³-hybridized carbons (Fsp3) is 0.400. The third-order valence-electron chi connectivity index (χ3n) is 3.89. The van der Waals surface area contributed by atoms with Crippen LogP contribution in [-0.4, -0.2) is 10.9 Å². The number of nitrogens with zero attached hydrogens (tertiary/aromatic N) is 1. The van der Waals surface area contributed by atoms with Gasteiger partial charge in [0.05, 0.1) is 11.9 Å². The van der Waals surface area contributed by atoms with E-state index in [-0.39, 0.29) is 5.91 Å². The monoisotopic (exact) mass is 325 g/mol. The summed E-state index contributed by atoms with van der Waals surface area (Å²) in [6, 6.07) is 10.2. The summed E-state index contributed by atoms with van der Waals surface area (Å²) < 4.78 is 0. The van der Waals surface area contributed by atoms with Gasteiger partial charge >= 0.3 is 0 Å². The minimum atomic E-state index is 0.0251. The van der Waals surface area contributed by atoms with Crippen molar-refractivity contribution in [2.75, 3.05) is 10.6 Å². The molecule has 0 aliphatic heterocycles. The molecule has 128 valence electrons. The molecule has 0 fully saturated rings. The number of nitrogens with one attached hydrogen (secondary N) is 2. The van der Waals surface area contributed by atoms with Crippen molar-refractivity contribution in [1.29, 1.82) is 0 Å². The van der Waals surface area contributed by atoms with Crippen LogP contribution in [0.5, 0.6) is 0 Å². The van der Waals surface area contributed by atoms with E-state index in [2.05, 4.69) is 47.7 Å². The Balaban J connectivity index is 2.11. The van der Waals surface area contributed by atoms with E-state index in [0.29, 0.717) is 12.3 Å². The predicted molar refractivity (Wildman–Crippen MR) is 101 cm³/mol. The van der Waals surface area contributed by atoms with Crippen LogP contribution in [0.15, 0.2) is 36.5 Å². The minimum Gasteiger partial charge on any atom is -0.340 e. The van der Waals surface area contributed by atoms with Gasteiger partial charge in [0.1, 0.15) is 5.82 Å². The number of rotatable bonds is 7. The van der Waals surface area contributed by atoms with Crippen LogP contribution in [0.3, 0.4) is 0 Å². The van der Waals surface area contributed by atoms with Gasteiger partial charge < -0.3 is 10.6 Å². The van der Waals surface area contributed by atoms with E-state index in [9.17, 15) is 4.79 Å². The molecule has 0 atom stereocenters. The fourth-order valence-electron chi connectivity index (χ4n) is 2.66. The highest BCUT2D eigenvalue weighted by Crippen LogP contribution is 2.26. The van der Waals surface area contributed by atoms with Crippen LogP contribution in [0.4, 0.5) is 17.2 Å². The average molecular weight is 325 g/mol. The first-order chi connectivity index (χ1) is 11.5. The molecule has 0 bridgehead atoms. The number of aryl methyl sites for hydroxylation is 2. The number of benzene rings is 1. The predicted octanol–water partition coefficient (Wildman–Crippen LogP) is 4.93. The highest BCUT2D eigenvalue weighted by atomic mass is 16.1. The van der Waals surface area contributed by atoms with E-state index in [1.807, 2.05) is 26.0 Å². The Bertz CT molecular complexity index is 656. The average Bonchev–Trinajstić information content (AvgIpc) is 2.56. The smallest absolute Gasteiger partial charge is 0.224 e. The number of hydrogen-bond acceptors (Lipinski definition) is 3. The molecular formula is C20H27N3O. The lowest BCUT2D eigenvalue weighted by Crippen LogP contribution is -2.14. The summed E-state index contributed by atoms with van der Waals surface area (Å²) in [5.41, 5.74) is 4.44. The normalized spacial score (nSPS) is 10.7. The zero-order chi connectivity index (χ0) is 17.5. The van der Waals surface area contributed by atoms with E-state index in [1.165, 1.54) is 11.1 Å². The molecule has 1 aromatic heterocycles. The first kappa shape index (κ1) is 18.0. The molecule has 24 heavy (non-hydrogen) atoms.